The fourth-order valence-corrected chi connectivity index (χ4v) is 2.78. The van der Waals surface area contributed by atoms with Crippen LogP contribution in [0.2, 0.25) is 5.02 Å². The molecular formula is C15H17ClN2O3. The Balaban J connectivity index is 1.70. The molecule has 1 aromatic rings. The summed E-state index contributed by atoms with van der Waals surface area (Å²) in [6, 6.07) is 4.90. The van der Waals surface area contributed by atoms with Crippen molar-refractivity contribution >= 4 is 29.1 Å². The monoisotopic (exact) mass is 308 g/mol. The Morgan fingerprint density at radius 3 is 2.76 bits per heavy atom. The van der Waals surface area contributed by atoms with Gasteiger partial charge in [-0.05, 0) is 38.0 Å². The van der Waals surface area contributed by atoms with E-state index in [0.29, 0.717) is 23.1 Å². The molecule has 112 valence electrons. The van der Waals surface area contributed by atoms with Crippen molar-refractivity contribution in [2.24, 2.45) is 0 Å². The zero-order valence-electron chi connectivity index (χ0n) is 11.8. The molecule has 1 atom stereocenters. The van der Waals surface area contributed by atoms with Crippen molar-refractivity contribution in [2.45, 2.75) is 38.3 Å². The van der Waals surface area contributed by atoms with Crippen LogP contribution in [-0.2, 0) is 9.59 Å². The molecule has 2 fully saturated rings. The lowest BCUT2D eigenvalue weighted by atomic mass is 10.2. The van der Waals surface area contributed by atoms with E-state index in [4.69, 9.17) is 16.3 Å². The van der Waals surface area contributed by atoms with E-state index in [2.05, 4.69) is 5.32 Å². The first kappa shape index (κ1) is 14.2. The largest absolute Gasteiger partial charge is 0.492 e. The van der Waals surface area contributed by atoms with Gasteiger partial charge in [0.25, 0.3) is 5.91 Å². The summed E-state index contributed by atoms with van der Waals surface area (Å²) in [5.74, 6) is 0.391. The number of nitrogens with zero attached hydrogens (tertiary/aromatic N) is 1. The molecule has 1 aromatic carbocycles. The lowest BCUT2D eigenvalue weighted by molar-refractivity contribution is -0.139. The van der Waals surface area contributed by atoms with E-state index in [1.165, 1.54) is 4.90 Å². The molecule has 3 rings (SSSR count). The van der Waals surface area contributed by atoms with Crippen molar-refractivity contribution in [1.29, 1.82) is 0 Å². The number of carbonyl (C=O) groups excluding carboxylic acids is 2. The third-order valence-electron chi connectivity index (χ3n) is 3.67. The van der Waals surface area contributed by atoms with Gasteiger partial charge in [-0.25, -0.2) is 0 Å². The van der Waals surface area contributed by atoms with Crippen molar-refractivity contribution in [3.05, 3.63) is 23.2 Å². The first-order valence-electron chi connectivity index (χ1n) is 7.15. The molecule has 1 saturated heterocycles. The minimum atomic E-state index is -0.493. The van der Waals surface area contributed by atoms with Crippen LogP contribution in [0.15, 0.2) is 18.2 Å². The fourth-order valence-electron chi connectivity index (χ4n) is 2.54. The smallest absolute Gasteiger partial charge is 0.252 e. The van der Waals surface area contributed by atoms with Gasteiger partial charge in [0.1, 0.15) is 11.8 Å². The number of anilines is 1. The Morgan fingerprint density at radius 2 is 2.14 bits per heavy atom. The summed E-state index contributed by atoms with van der Waals surface area (Å²) in [6.45, 7) is 2.43. The van der Waals surface area contributed by atoms with Gasteiger partial charge in [-0.3, -0.25) is 14.5 Å². The Morgan fingerprint density at radius 1 is 1.38 bits per heavy atom. The SMILES string of the molecule is CCOc1ccc(NC2CC(=O)N(C3CC3)C2=O)cc1Cl. The molecule has 1 aliphatic carbocycles. The van der Waals surface area contributed by atoms with Gasteiger partial charge in [0.05, 0.1) is 18.1 Å². The van der Waals surface area contributed by atoms with E-state index in [9.17, 15) is 9.59 Å². The van der Waals surface area contributed by atoms with E-state index in [1.54, 1.807) is 18.2 Å². The number of imide groups is 1. The number of benzene rings is 1. The van der Waals surface area contributed by atoms with Crippen LogP contribution in [0.5, 0.6) is 5.75 Å². The minimum absolute atomic E-state index is 0.0861. The number of likely N-dealkylation sites (tertiary alicyclic amines) is 1. The van der Waals surface area contributed by atoms with Crippen LogP contribution in [0.1, 0.15) is 26.2 Å². The Bertz CT molecular complexity index is 586. The van der Waals surface area contributed by atoms with Crippen LogP contribution < -0.4 is 10.1 Å². The summed E-state index contributed by atoms with van der Waals surface area (Å²) >= 11 is 6.12. The number of rotatable bonds is 5. The number of nitrogens with one attached hydrogen (secondary N) is 1. The first-order valence-corrected chi connectivity index (χ1v) is 7.52. The summed E-state index contributed by atoms with van der Waals surface area (Å²) in [7, 11) is 0. The van der Waals surface area contributed by atoms with E-state index >= 15 is 0 Å². The van der Waals surface area contributed by atoms with Crippen LogP contribution in [0.25, 0.3) is 0 Å². The number of hydrogen-bond acceptors (Lipinski definition) is 4. The highest BCUT2D eigenvalue weighted by atomic mass is 35.5. The maximum atomic E-state index is 12.2. The number of ether oxygens (including phenoxy) is 1. The van der Waals surface area contributed by atoms with E-state index in [0.717, 1.165) is 12.8 Å². The molecule has 1 aliphatic heterocycles. The number of hydrogen-bond donors (Lipinski definition) is 1. The molecule has 2 amide bonds. The van der Waals surface area contributed by atoms with Crippen LogP contribution >= 0.6 is 11.6 Å². The molecule has 1 heterocycles. The van der Waals surface area contributed by atoms with Crippen molar-refractivity contribution in [3.63, 3.8) is 0 Å². The van der Waals surface area contributed by atoms with E-state index < -0.39 is 6.04 Å². The second-order valence-corrected chi connectivity index (χ2v) is 5.72. The molecular weight excluding hydrogens is 292 g/mol. The van der Waals surface area contributed by atoms with Crippen LogP contribution in [0, 0.1) is 0 Å². The summed E-state index contributed by atoms with van der Waals surface area (Å²) < 4.78 is 5.37. The summed E-state index contributed by atoms with van der Waals surface area (Å²) in [5.41, 5.74) is 0.715. The maximum absolute atomic E-state index is 12.2. The molecule has 2 aliphatic rings. The molecule has 0 radical (unpaired) electrons. The third kappa shape index (κ3) is 2.83. The molecule has 1 N–H and O–H groups in total. The molecule has 0 spiro atoms. The predicted octanol–water partition coefficient (Wildman–Crippen LogP) is 2.44. The highest BCUT2D eigenvalue weighted by Crippen LogP contribution is 2.33. The van der Waals surface area contributed by atoms with Crippen LogP contribution in [0.4, 0.5) is 5.69 Å². The van der Waals surface area contributed by atoms with Gasteiger partial charge in [-0.2, -0.15) is 0 Å². The summed E-state index contributed by atoms with van der Waals surface area (Å²) in [4.78, 5) is 25.5. The van der Waals surface area contributed by atoms with E-state index in [-0.39, 0.29) is 24.3 Å². The standard InChI is InChI=1S/C15H17ClN2O3/c1-2-21-13-6-3-9(7-11(13)16)17-12-8-14(19)18(15(12)20)10-4-5-10/h3,6-7,10,12,17H,2,4-5,8H2,1H3. The Labute approximate surface area is 128 Å². The zero-order valence-corrected chi connectivity index (χ0v) is 12.5. The Kier molecular flexibility index (Phi) is 3.76. The maximum Gasteiger partial charge on any atom is 0.252 e. The first-order chi connectivity index (χ1) is 10.1. The quantitative estimate of drug-likeness (QED) is 0.849. The van der Waals surface area contributed by atoms with Gasteiger partial charge >= 0.3 is 0 Å². The second-order valence-electron chi connectivity index (χ2n) is 5.31. The number of carbonyl (C=O) groups is 2. The number of amides is 2. The van der Waals surface area contributed by atoms with Crippen LogP contribution in [-0.4, -0.2) is 35.4 Å². The average Bonchev–Trinajstić information content (AvgIpc) is 3.22. The molecule has 0 bridgehead atoms. The molecule has 1 saturated carbocycles. The summed E-state index contributed by atoms with van der Waals surface area (Å²) in [6.07, 6.45) is 2.07. The normalized spacial score (nSPS) is 21.8. The Hall–Kier alpha value is -1.75. The van der Waals surface area contributed by atoms with Crippen molar-refractivity contribution in [3.8, 4) is 5.75 Å². The van der Waals surface area contributed by atoms with Gasteiger partial charge < -0.3 is 10.1 Å². The zero-order chi connectivity index (χ0) is 15.0. The van der Waals surface area contributed by atoms with Gasteiger partial charge in [0.15, 0.2) is 0 Å². The average molecular weight is 309 g/mol. The van der Waals surface area contributed by atoms with E-state index in [1.807, 2.05) is 6.92 Å². The van der Waals surface area contributed by atoms with Gasteiger partial charge in [0, 0.05) is 11.7 Å². The third-order valence-corrected chi connectivity index (χ3v) is 3.96. The van der Waals surface area contributed by atoms with Crippen molar-refractivity contribution < 1.29 is 14.3 Å². The van der Waals surface area contributed by atoms with Crippen LogP contribution in [0.3, 0.4) is 0 Å². The van der Waals surface area contributed by atoms with Gasteiger partial charge in [0.2, 0.25) is 5.91 Å². The van der Waals surface area contributed by atoms with Crippen molar-refractivity contribution in [1.82, 2.24) is 4.90 Å². The molecule has 21 heavy (non-hydrogen) atoms. The molecule has 5 nitrogen and oxygen atoms in total. The number of halogens is 1. The highest BCUT2D eigenvalue weighted by Gasteiger charge is 2.46. The minimum Gasteiger partial charge on any atom is -0.492 e. The second kappa shape index (κ2) is 5.56. The van der Waals surface area contributed by atoms with Gasteiger partial charge in [-0.1, -0.05) is 11.6 Å². The fraction of sp³-hybridized carbons (Fsp3) is 0.467. The predicted molar refractivity (Wildman–Crippen MR) is 79.5 cm³/mol. The van der Waals surface area contributed by atoms with Crippen molar-refractivity contribution in [2.75, 3.05) is 11.9 Å². The van der Waals surface area contributed by atoms with Gasteiger partial charge in [-0.15, -0.1) is 0 Å². The lowest BCUT2D eigenvalue weighted by Gasteiger charge is -2.16. The molecule has 1 unspecified atom stereocenters. The molecule has 6 heteroatoms. The highest BCUT2D eigenvalue weighted by molar-refractivity contribution is 6.32. The topological polar surface area (TPSA) is 58.6 Å². The lowest BCUT2D eigenvalue weighted by Crippen LogP contribution is -2.36. The summed E-state index contributed by atoms with van der Waals surface area (Å²) in [5, 5.41) is 3.58. The molecule has 0 aromatic heterocycles.